The fraction of sp³-hybridized carbons (Fsp3) is 0.667. The zero-order chi connectivity index (χ0) is 19.9. The highest BCUT2D eigenvalue weighted by Gasteiger charge is 2.25. The van der Waals surface area contributed by atoms with E-state index in [9.17, 15) is 9.18 Å². The number of anilines is 1. The van der Waals surface area contributed by atoms with E-state index < -0.39 is 0 Å². The van der Waals surface area contributed by atoms with Crippen molar-refractivity contribution in [3.8, 4) is 0 Å². The van der Waals surface area contributed by atoms with E-state index in [1.165, 1.54) is 6.07 Å². The van der Waals surface area contributed by atoms with Crippen LogP contribution in [0.25, 0.3) is 0 Å². The summed E-state index contributed by atoms with van der Waals surface area (Å²) in [6, 6.07) is 4.91. The highest BCUT2D eigenvalue weighted by Crippen LogP contribution is 2.24. The number of ether oxygens (including phenoxy) is 1. The van der Waals surface area contributed by atoms with E-state index in [-0.39, 0.29) is 42.6 Å². The molecule has 0 unspecified atom stereocenters. The zero-order valence-corrected chi connectivity index (χ0v) is 19.4. The van der Waals surface area contributed by atoms with Gasteiger partial charge in [-0.05, 0) is 50.6 Å². The van der Waals surface area contributed by atoms with Crippen molar-refractivity contribution in [2.75, 3.05) is 63.9 Å². The van der Waals surface area contributed by atoms with Gasteiger partial charge in [0, 0.05) is 51.4 Å². The van der Waals surface area contributed by atoms with Gasteiger partial charge in [0.05, 0.1) is 11.8 Å². The SMILES string of the molecule is CCN1CCN(c2ccc(C(=O)N3CCC(OCCCN)CC3)cc2F)CC1.Cl.Cl. The average Bonchev–Trinajstić information content (AvgIpc) is 2.74. The molecule has 3 rings (SSSR count). The lowest BCUT2D eigenvalue weighted by atomic mass is 10.1. The van der Waals surface area contributed by atoms with Crippen LogP contribution in [0, 0.1) is 5.82 Å². The van der Waals surface area contributed by atoms with Crippen molar-refractivity contribution < 1.29 is 13.9 Å². The molecule has 2 aliphatic rings. The molecule has 2 fully saturated rings. The number of nitrogens with zero attached hydrogens (tertiary/aromatic N) is 3. The fourth-order valence-electron chi connectivity index (χ4n) is 3.94. The predicted octanol–water partition coefficient (Wildman–Crippen LogP) is 2.78. The summed E-state index contributed by atoms with van der Waals surface area (Å²) in [5.74, 6) is -0.405. The monoisotopic (exact) mass is 464 g/mol. The van der Waals surface area contributed by atoms with Gasteiger partial charge in [0.2, 0.25) is 0 Å². The number of piperazine rings is 1. The molecule has 9 heteroatoms. The molecule has 2 saturated heterocycles. The van der Waals surface area contributed by atoms with Crippen molar-refractivity contribution in [3.05, 3.63) is 29.6 Å². The maximum Gasteiger partial charge on any atom is 0.253 e. The van der Waals surface area contributed by atoms with Crippen LogP contribution in [0.2, 0.25) is 0 Å². The molecule has 172 valence electrons. The van der Waals surface area contributed by atoms with Gasteiger partial charge in [-0.3, -0.25) is 4.79 Å². The lowest BCUT2D eigenvalue weighted by Crippen LogP contribution is -2.46. The van der Waals surface area contributed by atoms with Gasteiger partial charge in [-0.1, -0.05) is 6.92 Å². The third kappa shape index (κ3) is 6.95. The summed E-state index contributed by atoms with van der Waals surface area (Å²) in [6.45, 7) is 9.29. The van der Waals surface area contributed by atoms with Crippen LogP contribution in [0.5, 0.6) is 0 Å². The standard InChI is InChI=1S/C21H33FN4O2.2ClH/c1-2-24-11-13-25(14-12-24)20-5-4-17(16-19(20)22)21(27)26-9-6-18(7-10-26)28-15-3-8-23;;/h4-5,16,18H,2-3,6-15,23H2,1H3;2*1H. The minimum absolute atomic E-state index is 0. The molecule has 6 nitrogen and oxygen atoms in total. The van der Waals surface area contributed by atoms with Crippen LogP contribution in [0.1, 0.15) is 36.5 Å². The van der Waals surface area contributed by atoms with Crippen molar-refractivity contribution in [1.82, 2.24) is 9.80 Å². The molecule has 2 aliphatic heterocycles. The first kappa shape index (κ1) is 26.9. The molecule has 1 aromatic rings. The molecule has 2 N–H and O–H groups in total. The third-order valence-electron chi connectivity index (χ3n) is 5.79. The van der Waals surface area contributed by atoms with E-state index in [1.54, 1.807) is 17.0 Å². The molecule has 0 bridgehead atoms. The molecule has 1 aromatic carbocycles. The Balaban J connectivity index is 0.00000225. The van der Waals surface area contributed by atoms with E-state index in [2.05, 4.69) is 16.7 Å². The Morgan fingerprint density at radius 2 is 1.80 bits per heavy atom. The number of likely N-dealkylation sites (N-methyl/N-ethyl adjacent to an activating group) is 1. The van der Waals surface area contributed by atoms with Crippen molar-refractivity contribution in [2.24, 2.45) is 5.73 Å². The molecular weight excluding hydrogens is 430 g/mol. The number of amides is 1. The summed E-state index contributed by atoms with van der Waals surface area (Å²) in [6.07, 6.45) is 2.69. The predicted molar refractivity (Wildman–Crippen MR) is 124 cm³/mol. The van der Waals surface area contributed by atoms with Crippen molar-refractivity contribution in [3.63, 3.8) is 0 Å². The summed E-state index contributed by atoms with van der Waals surface area (Å²) in [4.78, 5) is 19.0. The van der Waals surface area contributed by atoms with Crippen LogP contribution in [-0.4, -0.2) is 80.8 Å². The minimum atomic E-state index is -0.309. The summed E-state index contributed by atoms with van der Waals surface area (Å²) >= 11 is 0. The van der Waals surface area contributed by atoms with Crippen LogP contribution >= 0.6 is 24.8 Å². The van der Waals surface area contributed by atoms with Gasteiger partial charge in [0.25, 0.3) is 5.91 Å². The summed E-state index contributed by atoms with van der Waals surface area (Å²) in [5, 5.41) is 0. The van der Waals surface area contributed by atoms with Crippen molar-refractivity contribution in [1.29, 1.82) is 0 Å². The Kier molecular flexibility index (Phi) is 12.0. The van der Waals surface area contributed by atoms with Gasteiger partial charge in [0.1, 0.15) is 5.82 Å². The van der Waals surface area contributed by atoms with E-state index in [0.717, 1.165) is 52.0 Å². The van der Waals surface area contributed by atoms with Crippen LogP contribution < -0.4 is 10.6 Å². The highest BCUT2D eigenvalue weighted by molar-refractivity contribution is 5.94. The molecule has 0 aromatic heterocycles. The maximum absolute atomic E-state index is 14.7. The molecular formula is C21H35Cl2FN4O2. The Hall–Kier alpha value is -1.12. The quantitative estimate of drug-likeness (QED) is 0.628. The summed E-state index contributed by atoms with van der Waals surface area (Å²) < 4.78 is 20.5. The van der Waals surface area contributed by atoms with Gasteiger partial charge in [-0.25, -0.2) is 4.39 Å². The number of benzene rings is 1. The molecule has 30 heavy (non-hydrogen) atoms. The molecule has 0 atom stereocenters. The first-order valence-electron chi connectivity index (χ1n) is 10.5. The second-order valence-corrected chi connectivity index (χ2v) is 7.59. The second kappa shape index (κ2) is 13.3. The van der Waals surface area contributed by atoms with E-state index in [1.807, 2.05) is 0 Å². The lowest BCUT2D eigenvalue weighted by Gasteiger charge is -2.35. The molecule has 2 heterocycles. The molecule has 0 spiro atoms. The number of rotatable bonds is 7. The van der Waals surface area contributed by atoms with Gasteiger partial charge in [-0.2, -0.15) is 0 Å². The molecule has 1 amide bonds. The highest BCUT2D eigenvalue weighted by atomic mass is 35.5. The van der Waals surface area contributed by atoms with Gasteiger partial charge < -0.3 is 25.2 Å². The molecule has 0 aliphatic carbocycles. The van der Waals surface area contributed by atoms with Crippen LogP contribution in [0.4, 0.5) is 10.1 Å². The number of hydrogen-bond donors (Lipinski definition) is 1. The summed E-state index contributed by atoms with van der Waals surface area (Å²) in [5.41, 5.74) is 6.51. The zero-order valence-electron chi connectivity index (χ0n) is 17.7. The second-order valence-electron chi connectivity index (χ2n) is 7.59. The lowest BCUT2D eigenvalue weighted by molar-refractivity contribution is 0.00843. The van der Waals surface area contributed by atoms with Crippen molar-refractivity contribution >= 4 is 36.4 Å². The number of piperidine rings is 1. The number of halogens is 3. The normalized spacial score (nSPS) is 18.0. The van der Waals surface area contributed by atoms with Crippen LogP contribution in [-0.2, 0) is 4.74 Å². The number of nitrogens with two attached hydrogens (primary N) is 1. The number of hydrogen-bond acceptors (Lipinski definition) is 5. The van der Waals surface area contributed by atoms with Gasteiger partial charge in [-0.15, -0.1) is 24.8 Å². The first-order chi connectivity index (χ1) is 13.6. The Labute approximate surface area is 191 Å². The summed E-state index contributed by atoms with van der Waals surface area (Å²) in [7, 11) is 0. The fourth-order valence-corrected chi connectivity index (χ4v) is 3.94. The van der Waals surface area contributed by atoms with Gasteiger partial charge >= 0.3 is 0 Å². The number of carbonyl (C=O) groups is 1. The average molecular weight is 465 g/mol. The topological polar surface area (TPSA) is 62.0 Å². The Bertz CT molecular complexity index is 652. The Morgan fingerprint density at radius 1 is 1.13 bits per heavy atom. The minimum Gasteiger partial charge on any atom is -0.378 e. The smallest absolute Gasteiger partial charge is 0.253 e. The van der Waals surface area contributed by atoms with E-state index >= 15 is 0 Å². The van der Waals surface area contributed by atoms with Crippen molar-refractivity contribution in [2.45, 2.75) is 32.3 Å². The first-order valence-corrected chi connectivity index (χ1v) is 10.5. The largest absolute Gasteiger partial charge is 0.378 e. The molecule has 0 radical (unpaired) electrons. The van der Waals surface area contributed by atoms with E-state index in [4.69, 9.17) is 10.5 Å². The Morgan fingerprint density at radius 3 is 2.37 bits per heavy atom. The third-order valence-corrected chi connectivity index (χ3v) is 5.79. The number of likely N-dealkylation sites (tertiary alicyclic amines) is 1. The molecule has 0 saturated carbocycles. The van der Waals surface area contributed by atoms with Gasteiger partial charge in [0.15, 0.2) is 0 Å². The number of carbonyl (C=O) groups excluding carboxylic acids is 1. The van der Waals surface area contributed by atoms with Crippen LogP contribution in [0.15, 0.2) is 18.2 Å². The van der Waals surface area contributed by atoms with E-state index in [0.29, 0.717) is 37.5 Å². The maximum atomic E-state index is 14.7. The van der Waals surface area contributed by atoms with Crippen LogP contribution in [0.3, 0.4) is 0 Å².